The van der Waals surface area contributed by atoms with Gasteiger partial charge in [-0.15, -0.1) is 0 Å². The maximum atomic E-state index is 10.7. The number of nitrogen functional groups attached to an aromatic ring is 1. The summed E-state index contributed by atoms with van der Waals surface area (Å²) in [5.41, 5.74) is 7.30. The summed E-state index contributed by atoms with van der Waals surface area (Å²) >= 11 is 3.19. The van der Waals surface area contributed by atoms with Crippen molar-refractivity contribution < 1.29 is 4.92 Å². The largest absolute Gasteiger partial charge is 0.396 e. The topological polar surface area (TPSA) is 97.8 Å². The monoisotopic (exact) mass is 282 g/mol. The number of rotatable bonds is 2. The molecular weight excluding hydrogens is 276 g/mol. The van der Waals surface area contributed by atoms with Crippen LogP contribution in [0.5, 0.6) is 0 Å². The lowest BCUT2D eigenvalue weighted by atomic mass is 10.1. The number of nitrogens with two attached hydrogens (primary N) is 1. The van der Waals surface area contributed by atoms with Crippen molar-refractivity contribution in [2.45, 2.75) is 0 Å². The average molecular weight is 283 g/mol. The molecule has 0 aliphatic heterocycles. The Hall–Kier alpha value is -1.89. The zero-order valence-corrected chi connectivity index (χ0v) is 9.56. The Balaban J connectivity index is 2.63. The Morgan fingerprint density at radius 1 is 1.50 bits per heavy atom. The number of hydrogen-bond acceptors (Lipinski definition) is 4. The maximum Gasteiger partial charge on any atom is 0.284 e. The third-order valence-electron chi connectivity index (χ3n) is 2.11. The van der Waals surface area contributed by atoms with E-state index in [0.29, 0.717) is 21.4 Å². The van der Waals surface area contributed by atoms with Crippen molar-refractivity contribution in [1.29, 1.82) is 0 Å². The third-order valence-corrected chi connectivity index (χ3v) is 2.95. The van der Waals surface area contributed by atoms with Crippen LogP contribution in [0.1, 0.15) is 0 Å². The van der Waals surface area contributed by atoms with Crippen LogP contribution in [0.25, 0.3) is 11.3 Å². The van der Waals surface area contributed by atoms with Crippen molar-refractivity contribution in [2.75, 3.05) is 5.73 Å². The first-order chi connectivity index (χ1) is 7.61. The van der Waals surface area contributed by atoms with E-state index >= 15 is 0 Å². The smallest absolute Gasteiger partial charge is 0.284 e. The molecule has 0 saturated heterocycles. The molecule has 0 amide bonds. The van der Waals surface area contributed by atoms with Gasteiger partial charge >= 0.3 is 0 Å². The molecule has 1 aromatic carbocycles. The second kappa shape index (κ2) is 3.93. The Morgan fingerprint density at radius 2 is 2.25 bits per heavy atom. The third kappa shape index (κ3) is 1.65. The number of benzene rings is 1. The van der Waals surface area contributed by atoms with Crippen LogP contribution in [0.15, 0.2) is 28.9 Å². The number of aromatic amines is 1. The highest BCUT2D eigenvalue weighted by Crippen LogP contribution is 2.36. The van der Waals surface area contributed by atoms with Gasteiger partial charge in [-0.1, -0.05) is 12.1 Å². The van der Waals surface area contributed by atoms with E-state index in [1.807, 2.05) is 0 Å². The number of nitro benzene ring substituents is 1. The molecule has 2 aromatic rings. The van der Waals surface area contributed by atoms with Gasteiger partial charge in [-0.05, 0) is 15.9 Å². The van der Waals surface area contributed by atoms with Crippen LogP contribution in [0, 0.1) is 10.1 Å². The van der Waals surface area contributed by atoms with Gasteiger partial charge < -0.3 is 5.73 Å². The van der Waals surface area contributed by atoms with Gasteiger partial charge in [0, 0.05) is 11.6 Å². The molecule has 0 saturated carbocycles. The first-order valence-electron chi connectivity index (χ1n) is 4.33. The SMILES string of the molecule is Nc1cn[nH]c1-c1cccc([N+](=O)[O-])c1Br. The van der Waals surface area contributed by atoms with Crippen LogP contribution in [-0.2, 0) is 0 Å². The minimum atomic E-state index is -0.458. The van der Waals surface area contributed by atoms with Crippen molar-refractivity contribution in [3.8, 4) is 11.3 Å². The van der Waals surface area contributed by atoms with Gasteiger partial charge in [-0.2, -0.15) is 5.10 Å². The first kappa shape index (κ1) is 10.6. The molecule has 0 aliphatic carbocycles. The van der Waals surface area contributed by atoms with E-state index in [1.165, 1.54) is 12.3 Å². The summed E-state index contributed by atoms with van der Waals surface area (Å²) in [6.45, 7) is 0. The van der Waals surface area contributed by atoms with E-state index in [0.717, 1.165) is 0 Å². The lowest BCUT2D eigenvalue weighted by Gasteiger charge is -2.03. The lowest BCUT2D eigenvalue weighted by Crippen LogP contribution is -1.93. The zero-order valence-electron chi connectivity index (χ0n) is 7.98. The molecule has 82 valence electrons. The predicted octanol–water partition coefficient (Wildman–Crippen LogP) is 2.33. The summed E-state index contributed by atoms with van der Waals surface area (Å²) in [6.07, 6.45) is 1.46. The molecule has 1 heterocycles. The Labute approximate surface area is 98.7 Å². The minimum absolute atomic E-state index is 0.00787. The number of H-pyrrole nitrogens is 1. The second-order valence-corrected chi connectivity index (χ2v) is 3.89. The van der Waals surface area contributed by atoms with Gasteiger partial charge in [0.05, 0.1) is 22.5 Å². The number of halogens is 1. The number of hydrogen-bond donors (Lipinski definition) is 2. The summed E-state index contributed by atoms with van der Waals surface area (Å²) in [5, 5.41) is 17.2. The van der Waals surface area contributed by atoms with Crippen LogP contribution in [-0.4, -0.2) is 15.1 Å². The van der Waals surface area contributed by atoms with Crippen LogP contribution < -0.4 is 5.73 Å². The maximum absolute atomic E-state index is 10.7. The minimum Gasteiger partial charge on any atom is -0.396 e. The number of nitro groups is 1. The summed E-state index contributed by atoms with van der Waals surface area (Å²) in [7, 11) is 0. The van der Waals surface area contributed by atoms with E-state index in [1.54, 1.807) is 12.1 Å². The molecule has 0 bridgehead atoms. The van der Waals surface area contributed by atoms with Crippen LogP contribution in [0.3, 0.4) is 0 Å². The standard InChI is InChI=1S/C9H7BrN4O2/c10-8-5(9-6(11)4-12-13-9)2-1-3-7(8)14(15)16/h1-4H,11H2,(H,12,13). The quantitative estimate of drug-likeness (QED) is 0.652. The van der Waals surface area contributed by atoms with Gasteiger partial charge in [-0.3, -0.25) is 15.2 Å². The number of aromatic nitrogens is 2. The number of anilines is 1. The fraction of sp³-hybridized carbons (Fsp3) is 0. The molecule has 0 aliphatic rings. The molecule has 1 aromatic heterocycles. The summed E-state index contributed by atoms with van der Waals surface area (Å²) in [4.78, 5) is 10.3. The van der Waals surface area contributed by atoms with E-state index < -0.39 is 4.92 Å². The molecule has 3 N–H and O–H groups in total. The van der Waals surface area contributed by atoms with Crippen LogP contribution >= 0.6 is 15.9 Å². The second-order valence-electron chi connectivity index (χ2n) is 3.10. The van der Waals surface area contributed by atoms with E-state index in [4.69, 9.17) is 5.73 Å². The van der Waals surface area contributed by atoms with Gasteiger partial charge in [0.15, 0.2) is 0 Å². The highest BCUT2D eigenvalue weighted by atomic mass is 79.9. The van der Waals surface area contributed by atoms with Crippen molar-refractivity contribution >= 4 is 27.3 Å². The molecule has 2 rings (SSSR count). The Kier molecular flexibility index (Phi) is 2.61. The lowest BCUT2D eigenvalue weighted by molar-refractivity contribution is -0.385. The average Bonchev–Trinajstić information content (AvgIpc) is 2.64. The number of nitrogens with zero attached hydrogens (tertiary/aromatic N) is 2. The van der Waals surface area contributed by atoms with Crippen molar-refractivity contribution in [2.24, 2.45) is 0 Å². The van der Waals surface area contributed by atoms with Crippen LogP contribution in [0.4, 0.5) is 11.4 Å². The van der Waals surface area contributed by atoms with Crippen molar-refractivity contribution in [3.63, 3.8) is 0 Å². The highest BCUT2D eigenvalue weighted by Gasteiger charge is 2.17. The van der Waals surface area contributed by atoms with E-state index in [-0.39, 0.29) is 5.69 Å². The highest BCUT2D eigenvalue weighted by molar-refractivity contribution is 9.10. The molecule has 0 spiro atoms. The summed E-state index contributed by atoms with van der Waals surface area (Å²) < 4.78 is 0.385. The van der Waals surface area contributed by atoms with E-state index in [2.05, 4.69) is 26.1 Å². The molecule has 0 atom stereocenters. The summed E-state index contributed by atoms with van der Waals surface area (Å²) in [6, 6.07) is 4.74. The fourth-order valence-corrected chi connectivity index (χ4v) is 1.97. The fourth-order valence-electron chi connectivity index (χ4n) is 1.37. The molecule has 0 radical (unpaired) electrons. The molecule has 7 heteroatoms. The van der Waals surface area contributed by atoms with Gasteiger partial charge in [0.25, 0.3) is 5.69 Å². The van der Waals surface area contributed by atoms with Gasteiger partial charge in [0.1, 0.15) is 4.47 Å². The molecule has 6 nitrogen and oxygen atoms in total. The molecule has 0 unspecified atom stereocenters. The van der Waals surface area contributed by atoms with Crippen LogP contribution in [0.2, 0.25) is 0 Å². The van der Waals surface area contributed by atoms with Crippen molar-refractivity contribution in [3.05, 3.63) is 39.0 Å². The number of nitrogens with one attached hydrogen (secondary N) is 1. The normalized spacial score (nSPS) is 10.3. The predicted molar refractivity (Wildman–Crippen MR) is 62.8 cm³/mol. The Morgan fingerprint density at radius 3 is 2.81 bits per heavy atom. The molecular formula is C9H7BrN4O2. The van der Waals surface area contributed by atoms with E-state index in [9.17, 15) is 10.1 Å². The molecule has 16 heavy (non-hydrogen) atoms. The van der Waals surface area contributed by atoms with Crippen molar-refractivity contribution in [1.82, 2.24) is 10.2 Å². The zero-order chi connectivity index (χ0) is 11.7. The van der Waals surface area contributed by atoms with Gasteiger partial charge in [-0.25, -0.2) is 0 Å². The Bertz CT molecular complexity index is 552. The van der Waals surface area contributed by atoms with Gasteiger partial charge in [0.2, 0.25) is 0 Å². The first-order valence-corrected chi connectivity index (χ1v) is 5.12. The molecule has 0 fully saturated rings. The summed E-state index contributed by atoms with van der Waals surface area (Å²) in [5.74, 6) is 0.